The summed E-state index contributed by atoms with van der Waals surface area (Å²) in [6.45, 7) is 0.515. The number of sulfone groups is 1. The van der Waals surface area contributed by atoms with E-state index in [9.17, 15) is 17.9 Å². The molecule has 0 bridgehead atoms. The summed E-state index contributed by atoms with van der Waals surface area (Å²) in [6.07, 6.45) is -0.247. The highest BCUT2D eigenvalue weighted by atomic mass is 32.2. The Morgan fingerprint density at radius 1 is 1.39 bits per heavy atom. The maximum Gasteiger partial charge on any atom is 0.154 e. The number of benzene rings is 1. The first-order valence-corrected chi connectivity index (χ1v) is 7.65. The van der Waals surface area contributed by atoms with Crippen molar-refractivity contribution in [2.45, 2.75) is 18.6 Å². The van der Waals surface area contributed by atoms with E-state index in [1.165, 1.54) is 12.1 Å². The maximum atomic E-state index is 12.9. The standard InChI is InChI=1S/C12H16FNO3S/c13-10-3-1-2-9(6-10)4-5-14-11-7-18(16,17)8-12(11)15/h1-3,6,11-12,14-15H,4-5,7-8H2. The van der Waals surface area contributed by atoms with Crippen molar-refractivity contribution in [3.05, 3.63) is 35.6 Å². The summed E-state index contributed by atoms with van der Waals surface area (Å²) in [5.74, 6) is -0.488. The lowest BCUT2D eigenvalue weighted by atomic mass is 10.1. The second-order valence-corrected chi connectivity index (χ2v) is 6.74. The van der Waals surface area contributed by atoms with Gasteiger partial charge in [0.05, 0.1) is 17.6 Å². The zero-order valence-electron chi connectivity index (χ0n) is 9.84. The van der Waals surface area contributed by atoms with Crippen molar-refractivity contribution in [3.63, 3.8) is 0 Å². The van der Waals surface area contributed by atoms with Gasteiger partial charge in [0.1, 0.15) is 5.82 Å². The van der Waals surface area contributed by atoms with Gasteiger partial charge in [-0.1, -0.05) is 12.1 Å². The normalized spacial score (nSPS) is 26.3. The van der Waals surface area contributed by atoms with Crippen molar-refractivity contribution in [3.8, 4) is 0 Å². The lowest BCUT2D eigenvalue weighted by Gasteiger charge is -2.14. The van der Waals surface area contributed by atoms with E-state index in [4.69, 9.17) is 0 Å². The molecule has 2 rings (SSSR count). The summed E-state index contributed by atoms with van der Waals surface area (Å²) < 4.78 is 35.5. The second-order valence-electron chi connectivity index (χ2n) is 4.58. The Bertz CT molecular complexity index is 518. The summed E-state index contributed by atoms with van der Waals surface area (Å²) >= 11 is 0. The second kappa shape index (κ2) is 5.34. The highest BCUT2D eigenvalue weighted by Crippen LogP contribution is 2.12. The van der Waals surface area contributed by atoms with Crippen LogP contribution in [0.5, 0.6) is 0 Å². The van der Waals surface area contributed by atoms with Crippen molar-refractivity contribution in [1.82, 2.24) is 5.32 Å². The Kier molecular flexibility index (Phi) is 3.99. The number of aliphatic hydroxyl groups is 1. The zero-order valence-corrected chi connectivity index (χ0v) is 10.7. The van der Waals surface area contributed by atoms with Crippen LogP contribution in [0.15, 0.2) is 24.3 Å². The summed E-state index contributed by atoms with van der Waals surface area (Å²) in [5, 5.41) is 12.6. The van der Waals surface area contributed by atoms with Gasteiger partial charge in [0, 0.05) is 6.04 Å². The highest BCUT2D eigenvalue weighted by Gasteiger charge is 2.35. The van der Waals surface area contributed by atoms with Crippen LogP contribution in [0.3, 0.4) is 0 Å². The number of aliphatic hydroxyl groups excluding tert-OH is 1. The minimum Gasteiger partial charge on any atom is -0.390 e. The highest BCUT2D eigenvalue weighted by molar-refractivity contribution is 7.91. The molecule has 6 heteroatoms. The van der Waals surface area contributed by atoms with Crippen LogP contribution in [0.2, 0.25) is 0 Å². The quantitative estimate of drug-likeness (QED) is 0.817. The van der Waals surface area contributed by atoms with Crippen LogP contribution in [0, 0.1) is 5.82 Å². The Hall–Kier alpha value is -0.980. The fourth-order valence-electron chi connectivity index (χ4n) is 2.12. The van der Waals surface area contributed by atoms with E-state index in [0.29, 0.717) is 13.0 Å². The summed E-state index contributed by atoms with van der Waals surface area (Å²) in [5.41, 5.74) is 0.845. The number of rotatable bonds is 4. The summed E-state index contributed by atoms with van der Waals surface area (Å²) in [6, 6.07) is 5.86. The SMILES string of the molecule is O=S1(=O)CC(O)C(NCCc2cccc(F)c2)C1. The molecule has 1 fully saturated rings. The van der Waals surface area contributed by atoms with Crippen molar-refractivity contribution < 1.29 is 17.9 Å². The van der Waals surface area contributed by atoms with Crippen LogP contribution in [-0.4, -0.2) is 43.7 Å². The van der Waals surface area contributed by atoms with Gasteiger partial charge in [0.15, 0.2) is 9.84 Å². The van der Waals surface area contributed by atoms with Gasteiger partial charge >= 0.3 is 0 Å². The predicted molar refractivity (Wildman–Crippen MR) is 66.6 cm³/mol. The Morgan fingerprint density at radius 3 is 2.78 bits per heavy atom. The van der Waals surface area contributed by atoms with Crippen LogP contribution < -0.4 is 5.32 Å². The molecule has 0 spiro atoms. The molecule has 0 aliphatic carbocycles. The third-order valence-electron chi connectivity index (χ3n) is 3.03. The molecule has 2 unspecified atom stereocenters. The average molecular weight is 273 g/mol. The lowest BCUT2D eigenvalue weighted by molar-refractivity contribution is 0.166. The molecular formula is C12H16FNO3S. The average Bonchev–Trinajstić information content (AvgIpc) is 2.52. The van der Waals surface area contributed by atoms with Gasteiger partial charge in [-0.25, -0.2) is 12.8 Å². The van der Waals surface area contributed by atoms with Crippen molar-refractivity contribution in [2.75, 3.05) is 18.1 Å². The molecule has 0 aromatic heterocycles. The van der Waals surface area contributed by atoms with Crippen molar-refractivity contribution in [1.29, 1.82) is 0 Å². The first kappa shape index (κ1) is 13.5. The smallest absolute Gasteiger partial charge is 0.154 e. The first-order chi connectivity index (χ1) is 8.46. The van der Waals surface area contributed by atoms with Crippen LogP contribution in [-0.2, 0) is 16.3 Å². The largest absolute Gasteiger partial charge is 0.390 e. The Balaban J connectivity index is 1.83. The van der Waals surface area contributed by atoms with Gasteiger partial charge in [-0.3, -0.25) is 0 Å². The molecule has 100 valence electrons. The maximum absolute atomic E-state index is 12.9. The predicted octanol–water partition coefficient (Wildman–Crippen LogP) is 0.116. The van der Waals surface area contributed by atoms with Gasteiger partial charge in [0.25, 0.3) is 0 Å². The van der Waals surface area contributed by atoms with E-state index in [0.717, 1.165) is 5.56 Å². The Morgan fingerprint density at radius 2 is 2.17 bits per heavy atom. The fraction of sp³-hybridized carbons (Fsp3) is 0.500. The topological polar surface area (TPSA) is 66.4 Å². The molecule has 18 heavy (non-hydrogen) atoms. The molecule has 1 saturated heterocycles. The molecule has 2 atom stereocenters. The molecule has 1 aromatic carbocycles. The minimum atomic E-state index is -3.12. The third kappa shape index (κ3) is 3.51. The van der Waals surface area contributed by atoms with Crippen LogP contribution >= 0.6 is 0 Å². The Labute approximate surface area is 106 Å². The first-order valence-electron chi connectivity index (χ1n) is 5.82. The number of nitrogens with one attached hydrogen (secondary N) is 1. The fourth-order valence-corrected chi connectivity index (χ4v) is 3.89. The minimum absolute atomic E-state index is 0.0304. The number of hydrogen-bond acceptors (Lipinski definition) is 4. The molecule has 1 aromatic rings. The molecule has 4 nitrogen and oxygen atoms in total. The van der Waals surface area contributed by atoms with Crippen molar-refractivity contribution in [2.24, 2.45) is 0 Å². The monoisotopic (exact) mass is 273 g/mol. The van der Waals surface area contributed by atoms with E-state index in [1.54, 1.807) is 6.07 Å². The van der Waals surface area contributed by atoms with Crippen LogP contribution in [0.4, 0.5) is 4.39 Å². The lowest BCUT2D eigenvalue weighted by Crippen LogP contribution is -2.39. The number of halogens is 1. The molecule has 0 radical (unpaired) electrons. The van der Waals surface area contributed by atoms with Gasteiger partial charge in [0.2, 0.25) is 0 Å². The van der Waals surface area contributed by atoms with Gasteiger partial charge in [-0.2, -0.15) is 0 Å². The zero-order chi connectivity index (χ0) is 13.2. The summed E-state index contributed by atoms with van der Waals surface area (Å²) in [7, 11) is -3.12. The van der Waals surface area contributed by atoms with Gasteiger partial charge in [-0.05, 0) is 30.7 Å². The molecule has 1 aliphatic heterocycles. The third-order valence-corrected chi connectivity index (χ3v) is 4.75. The molecule has 1 aliphatic rings. The van der Waals surface area contributed by atoms with E-state index < -0.39 is 22.0 Å². The molecule has 1 heterocycles. The molecular weight excluding hydrogens is 257 g/mol. The van der Waals surface area contributed by atoms with Crippen LogP contribution in [0.1, 0.15) is 5.56 Å². The molecule has 2 N–H and O–H groups in total. The van der Waals surface area contributed by atoms with Gasteiger partial charge in [-0.15, -0.1) is 0 Å². The van der Waals surface area contributed by atoms with E-state index in [-0.39, 0.29) is 17.3 Å². The van der Waals surface area contributed by atoms with Gasteiger partial charge < -0.3 is 10.4 Å². The molecule has 0 saturated carbocycles. The van der Waals surface area contributed by atoms with E-state index in [2.05, 4.69) is 5.32 Å². The van der Waals surface area contributed by atoms with Crippen molar-refractivity contribution >= 4 is 9.84 Å². The van der Waals surface area contributed by atoms with E-state index >= 15 is 0 Å². The molecule has 0 amide bonds. The summed E-state index contributed by atoms with van der Waals surface area (Å²) in [4.78, 5) is 0. The van der Waals surface area contributed by atoms with E-state index in [1.807, 2.05) is 6.07 Å². The number of hydrogen-bond donors (Lipinski definition) is 2. The van der Waals surface area contributed by atoms with Crippen LogP contribution in [0.25, 0.3) is 0 Å².